The average Bonchev–Trinajstić information content (AvgIpc) is 2.25. The minimum Gasteiger partial charge on any atom is -0.469 e. The summed E-state index contributed by atoms with van der Waals surface area (Å²) in [5.41, 5.74) is 0. The Kier molecular flexibility index (Phi) is 5.12. The average molecular weight is 280 g/mol. The molecule has 0 heterocycles. The molecule has 0 radical (unpaired) electrons. The molecule has 1 N–H and O–H groups in total. The van der Waals surface area contributed by atoms with Crippen molar-refractivity contribution in [2.24, 2.45) is 11.8 Å². The van der Waals surface area contributed by atoms with Crippen molar-refractivity contribution in [1.82, 2.24) is 0 Å². The monoisotopic (exact) mass is 280 g/mol. The first-order valence-corrected chi connectivity index (χ1v) is 7.74. The highest BCUT2D eigenvalue weighted by Gasteiger charge is 2.41. The molecule has 0 aromatic heterocycles. The molecule has 6 nitrogen and oxygen atoms in total. The smallest absolute Gasteiger partial charge is 0.308 e. The van der Waals surface area contributed by atoms with Crippen LogP contribution in [-0.4, -0.2) is 45.1 Å². The lowest BCUT2D eigenvalue weighted by Gasteiger charge is -2.37. The lowest BCUT2D eigenvalue weighted by atomic mass is 9.76. The summed E-state index contributed by atoms with van der Waals surface area (Å²) in [6.45, 7) is 1.85. The number of aliphatic hydroxyl groups is 1. The van der Waals surface area contributed by atoms with E-state index in [4.69, 9.17) is 4.18 Å². The third-order valence-corrected chi connectivity index (χ3v) is 3.92. The predicted molar refractivity (Wildman–Crippen MR) is 64.2 cm³/mol. The van der Waals surface area contributed by atoms with E-state index in [9.17, 15) is 18.3 Å². The van der Waals surface area contributed by atoms with E-state index in [0.29, 0.717) is 6.42 Å². The summed E-state index contributed by atoms with van der Waals surface area (Å²) in [6.07, 6.45) is 0.685. The quantitative estimate of drug-likeness (QED) is 0.588. The first-order chi connectivity index (χ1) is 8.28. The number of carbonyl (C=O) groups is 1. The Morgan fingerprint density at radius 3 is 2.44 bits per heavy atom. The van der Waals surface area contributed by atoms with E-state index in [2.05, 4.69) is 4.74 Å². The number of aliphatic hydroxyl groups excluding tert-OH is 1. The van der Waals surface area contributed by atoms with Crippen LogP contribution in [0.2, 0.25) is 0 Å². The van der Waals surface area contributed by atoms with Crippen molar-refractivity contribution in [3.63, 3.8) is 0 Å². The summed E-state index contributed by atoms with van der Waals surface area (Å²) in [5, 5.41) is 9.97. The third kappa shape index (κ3) is 3.93. The summed E-state index contributed by atoms with van der Waals surface area (Å²) >= 11 is 0. The number of hydrogen-bond donors (Lipinski definition) is 1. The molecule has 1 rings (SSSR count). The molecule has 4 atom stereocenters. The van der Waals surface area contributed by atoms with Crippen LogP contribution in [0, 0.1) is 11.8 Å². The molecule has 0 aromatic carbocycles. The molecule has 0 aromatic rings. The van der Waals surface area contributed by atoms with Crippen LogP contribution in [0.25, 0.3) is 0 Å². The molecule has 18 heavy (non-hydrogen) atoms. The molecule has 1 aliphatic carbocycles. The molecule has 7 heteroatoms. The van der Waals surface area contributed by atoms with Crippen molar-refractivity contribution in [2.45, 2.75) is 38.4 Å². The standard InChI is InChI=1S/C11H20O6S/c1-4-8-9(12)5-7(11(13)16-2)6-10(8)17-18(3,14)15/h7-10,12H,4-6H2,1-3H3/t7-,8+,9?,10-/m0/s1. The highest BCUT2D eigenvalue weighted by Crippen LogP contribution is 2.34. The predicted octanol–water partition coefficient (Wildman–Crippen LogP) is 0.301. The van der Waals surface area contributed by atoms with Crippen LogP contribution < -0.4 is 0 Å². The van der Waals surface area contributed by atoms with Gasteiger partial charge in [0.05, 0.1) is 31.5 Å². The fourth-order valence-electron chi connectivity index (χ4n) is 2.49. The number of hydrogen-bond acceptors (Lipinski definition) is 6. The van der Waals surface area contributed by atoms with Gasteiger partial charge in [-0.15, -0.1) is 0 Å². The molecule has 0 saturated heterocycles. The maximum absolute atomic E-state index is 11.5. The van der Waals surface area contributed by atoms with Crippen LogP contribution in [-0.2, 0) is 23.8 Å². The Bertz CT molecular complexity index is 390. The van der Waals surface area contributed by atoms with E-state index < -0.39 is 34.2 Å². The van der Waals surface area contributed by atoms with Crippen molar-refractivity contribution in [3.8, 4) is 0 Å². The Morgan fingerprint density at radius 2 is 2.00 bits per heavy atom. The Hall–Kier alpha value is -0.660. The van der Waals surface area contributed by atoms with Crippen LogP contribution in [0.5, 0.6) is 0 Å². The van der Waals surface area contributed by atoms with Crippen molar-refractivity contribution < 1.29 is 27.2 Å². The van der Waals surface area contributed by atoms with E-state index in [1.807, 2.05) is 6.92 Å². The van der Waals surface area contributed by atoms with Crippen molar-refractivity contribution >= 4 is 16.1 Å². The Labute approximate surface area is 107 Å². The highest BCUT2D eigenvalue weighted by molar-refractivity contribution is 7.86. The normalized spacial score (nSPS) is 33.1. The second-order valence-corrected chi connectivity index (χ2v) is 6.27. The van der Waals surface area contributed by atoms with Crippen molar-refractivity contribution in [2.75, 3.05) is 13.4 Å². The number of methoxy groups -OCH3 is 1. The molecule has 1 fully saturated rings. The lowest BCUT2D eigenvalue weighted by Crippen LogP contribution is -2.44. The summed E-state index contributed by atoms with van der Waals surface area (Å²) in [6, 6.07) is 0. The van der Waals surface area contributed by atoms with Crippen LogP contribution in [0.4, 0.5) is 0 Å². The van der Waals surface area contributed by atoms with E-state index in [1.165, 1.54) is 7.11 Å². The molecular formula is C11H20O6S. The zero-order valence-electron chi connectivity index (χ0n) is 10.8. The Morgan fingerprint density at radius 1 is 1.39 bits per heavy atom. The minimum atomic E-state index is -3.61. The summed E-state index contributed by atoms with van der Waals surface area (Å²) < 4.78 is 32.0. The van der Waals surface area contributed by atoms with Crippen LogP contribution in [0.15, 0.2) is 0 Å². The zero-order valence-corrected chi connectivity index (χ0v) is 11.6. The van der Waals surface area contributed by atoms with E-state index in [-0.39, 0.29) is 18.8 Å². The molecule has 1 unspecified atom stereocenters. The van der Waals surface area contributed by atoms with Gasteiger partial charge >= 0.3 is 5.97 Å². The maximum Gasteiger partial charge on any atom is 0.308 e. The topological polar surface area (TPSA) is 89.9 Å². The Balaban J connectivity index is 2.85. The molecule has 0 spiro atoms. The third-order valence-electron chi connectivity index (χ3n) is 3.32. The van der Waals surface area contributed by atoms with Gasteiger partial charge in [-0.2, -0.15) is 8.42 Å². The van der Waals surface area contributed by atoms with Gasteiger partial charge in [0.25, 0.3) is 10.1 Å². The maximum atomic E-state index is 11.5. The SMILES string of the molecule is CC[C@@H]1C(O)C[C@H](C(=O)OC)C[C@@H]1OS(C)(=O)=O. The van der Waals surface area contributed by atoms with Gasteiger partial charge in [-0.05, 0) is 19.3 Å². The van der Waals surface area contributed by atoms with E-state index in [1.54, 1.807) is 0 Å². The van der Waals surface area contributed by atoms with E-state index >= 15 is 0 Å². The molecule has 0 amide bonds. The fraction of sp³-hybridized carbons (Fsp3) is 0.909. The number of rotatable bonds is 4. The van der Waals surface area contributed by atoms with Gasteiger partial charge in [0.1, 0.15) is 0 Å². The van der Waals surface area contributed by atoms with Gasteiger partial charge in [0.2, 0.25) is 0 Å². The van der Waals surface area contributed by atoms with Crippen LogP contribution in [0.3, 0.4) is 0 Å². The largest absolute Gasteiger partial charge is 0.469 e. The van der Waals surface area contributed by atoms with Crippen LogP contribution >= 0.6 is 0 Å². The first kappa shape index (κ1) is 15.4. The van der Waals surface area contributed by atoms with Crippen LogP contribution in [0.1, 0.15) is 26.2 Å². The number of esters is 1. The molecule has 0 bridgehead atoms. The van der Waals surface area contributed by atoms with E-state index in [0.717, 1.165) is 6.26 Å². The fourth-order valence-corrected chi connectivity index (χ4v) is 3.17. The van der Waals surface area contributed by atoms with Gasteiger partial charge < -0.3 is 9.84 Å². The second-order valence-electron chi connectivity index (χ2n) is 4.67. The number of carbonyl (C=O) groups excluding carboxylic acids is 1. The molecule has 1 saturated carbocycles. The molecular weight excluding hydrogens is 260 g/mol. The molecule has 0 aliphatic heterocycles. The van der Waals surface area contributed by atoms with Gasteiger partial charge in [-0.3, -0.25) is 8.98 Å². The van der Waals surface area contributed by atoms with Gasteiger partial charge in [-0.1, -0.05) is 6.92 Å². The highest BCUT2D eigenvalue weighted by atomic mass is 32.2. The molecule has 1 aliphatic rings. The van der Waals surface area contributed by atoms with Gasteiger partial charge in [0.15, 0.2) is 0 Å². The minimum absolute atomic E-state index is 0.259. The van der Waals surface area contributed by atoms with Gasteiger partial charge in [-0.25, -0.2) is 0 Å². The first-order valence-electron chi connectivity index (χ1n) is 5.92. The van der Waals surface area contributed by atoms with Gasteiger partial charge in [0, 0.05) is 5.92 Å². The summed E-state index contributed by atoms with van der Waals surface area (Å²) in [7, 11) is -2.34. The van der Waals surface area contributed by atoms with Crippen molar-refractivity contribution in [3.05, 3.63) is 0 Å². The lowest BCUT2D eigenvalue weighted by molar-refractivity contribution is -0.151. The van der Waals surface area contributed by atoms with Crippen molar-refractivity contribution in [1.29, 1.82) is 0 Å². The number of ether oxygens (including phenoxy) is 1. The zero-order chi connectivity index (χ0) is 13.9. The summed E-state index contributed by atoms with van der Waals surface area (Å²) in [5.74, 6) is -1.23. The second kappa shape index (κ2) is 5.99. The summed E-state index contributed by atoms with van der Waals surface area (Å²) in [4.78, 5) is 11.5. The molecule has 106 valence electrons.